The van der Waals surface area contributed by atoms with Gasteiger partial charge in [0.1, 0.15) is 11.4 Å². The van der Waals surface area contributed by atoms with E-state index in [0.29, 0.717) is 17.1 Å². The summed E-state index contributed by atoms with van der Waals surface area (Å²) in [6.45, 7) is 4.71. The summed E-state index contributed by atoms with van der Waals surface area (Å²) in [5.74, 6) is -0.769. The fraction of sp³-hybridized carbons (Fsp3) is 0.261. The Balaban J connectivity index is 1.69. The predicted molar refractivity (Wildman–Crippen MR) is 116 cm³/mol. The second kappa shape index (κ2) is 9.34. The Kier molecular flexibility index (Phi) is 6.59. The maximum Gasteiger partial charge on any atom is 0.347 e. The Morgan fingerprint density at radius 1 is 0.935 bits per heavy atom. The van der Waals surface area contributed by atoms with Crippen molar-refractivity contribution in [3.05, 3.63) is 76.7 Å². The van der Waals surface area contributed by atoms with Gasteiger partial charge in [-0.3, -0.25) is 14.3 Å². The summed E-state index contributed by atoms with van der Waals surface area (Å²) < 4.78 is 13.9. The van der Waals surface area contributed by atoms with Crippen LogP contribution in [0.15, 0.2) is 65.5 Å². The highest BCUT2D eigenvalue weighted by Gasteiger charge is 2.25. The van der Waals surface area contributed by atoms with Crippen molar-refractivity contribution < 1.29 is 19.1 Å². The molecule has 31 heavy (non-hydrogen) atoms. The highest BCUT2D eigenvalue weighted by atomic mass is 16.6. The van der Waals surface area contributed by atoms with Crippen LogP contribution in [0.4, 0.5) is 5.69 Å². The van der Waals surface area contributed by atoms with Gasteiger partial charge < -0.3 is 14.8 Å². The molecule has 1 amide bonds. The highest BCUT2D eigenvalue weighted by Crippen LogP contribution is 2.15. The van der Waals surface area contributed by atoms with Crippen molar-refractivity contribution in [3.63, 3.8) is 0 Å². The molecule has 0 aliphatic rings. The fourth-order valence-corrected chi connectivity index (χ4v) is 3.01. The normalized spacial score (nSPS) is 12.6. The molecule has 0 aliphatic carbocycles. The molecular weight excluding hydrogens is 398 g/mol. The summed E-state index contributed by atoms with van der Waals surface area (Å²) in [4.78, 5) is 37.8. The monoisotopic (exact) mass is 423 g/mol. The van der Waals surface area contributed by atoms with E-state index in [1.807, 2.05) is 24.3 Å². The van der Waals surface area contributed by atoms with Crippen LogP contribution in [-0.2, 0) is 21.4 Å². The molecule has 0 radical (unpaired) electrons. The molecule has 0 saturated heterocycles. The zero-order valence-electron chi connectivity index (χ0n) is 17.9. The zero-order chi connectivity index (χ0) is 22.5. The number of hydrogen-bond acceptors (Lipinski definition) is 5. The van der Waals surface area contributed by atoms with Crippen LogP contribution < -0.4 is 15.6 Å². The van der Waals surface area contributed by atoms with E-state index in [1.54, 1.807) is 62.0 Å². The molecule has 8 nitrogen and oxygen atoms in total. The van der Waals surface area contributed by atoms with E-state index >= 15 is 0 Å². The highest BCUT2D eigenvalue weighted by molar-refractivity contribution is 5.95. The number of carbonyl (C=O) groups excluding carboxylic acids is 2. The zero-order valence-corrected chi connectivity index (χ0v) is 17.9. The summed E-state index contributed by atoms with van der Waals surface area (Å²) in [7, 11) is 1.73. The van der Waals surface area contributed by atoms with Crippen LogP contribution in [0.3, 0.4) is 0 Å². The average Bonchev–Trinajstić information content (AvgIpc) is 2.98. The lowest BCUT2D eigenvalue weighted by atomic mass is 10.3. The average molecular weight is 423 g/mol. The van der Waals surface area contributed by atoms with Crippen molar-refractivity contribution in [2.45, 2.75) is 33.0 Å². The molecule has 3 rings (SSSR count). The minimum atomic E-state index is -1.11. The standard InChI is InChI=1S/C23H25N3O5/c1-15-20(22(28)26(25(15)4)18-11-7-5-8-12-18)24-21(27)16(2)31-23(29)17(3)30-19-13-9-6-10-14-19/h5-14,16-17H,1-4H3,(H,24,27). The molecule has 2 atom stereocenters. The Morgan fingerprint density at radius 2 is 1.52 bits per heavy atom. The number of anilines is 1. The molecule has 0 bridgehead atoms. The van der Waals surface area contributed by atoms with E-state index in [4.69, 9.17) is 9.47 Å². The van der Waals surface area contributed by atoms with Crippen LogP contribution in [-0.4, -0.2) is 33.4 Å². The van der Waals surface area contributed by atoms with Gasteiger partial charge in [-0.25, -0.2) is 9.48 Å². The molecule has 8 heteroatoms. The van der Waals surface area contributed by atoms with Crippen LogP contribution in [0.2, 0.25) is 0 Å². The van der Waals surface area contributed by atoms with Crippen LogP contribution in [0.25, 0.3) is 5.69 Å². The first-order chi connectivity index (χ1) is 14.8. The summed E-state index contributed by atoms with van der Waals surface area (Å²) in [5.41, 5.74) is 0.998. The molecule has 0 spiro atoms. The maximum atomic E-state index is 12.9. The number of ether oxygens (including phenoxy) is 2. The Labute approximate surface area is 180 Å². The van der Waals surface area contributed by atoms with Crippen molar-refractivity contribution in [2.75, 3.05) is 5.32 Å². The van der Waals surface area contributed by atoms with E-state index in [-0.39, 0.29) is 11.2 Å². The topological polar surface area (TPSA) is 91.6 Å². The van der Waals surface area contributed by atoms with E-state index in [1.165, 1.54) is 11.6 Å². The third kappa shape index (κ3) is 4.85. The van der Waals surface area contributed by atoms with Crippen molar-refractivity contribution in [1.29, 1.82) is 0 Å². The molecule has 0 fully saturated rings. The Bertz CT molecular complexity index is 1120. The lowest BCUT2D eigenvalue weighted by molar-refractivity contribution is -0.159. The van der Waals surface area contributed by atoms with E-state index in [0.717, 1.165) is 0 Å². The SMILES string of the molecule is Cc1c(NC(=O)C(C)OC(=O)C(C)Oc2ccccc2)c(=O)n(-c2ccccc2)n1C. The number of aromatic nitrogens is 2. The van der Waals surface area contributed by atoms with Gasteiger partial charge in [0.25, 0.3) is 11.5 Å². The van der Waals surface area contributed by atoms with Gasteiger partial charge in [0.2, 0.25) is 0 Å². The van der Waals surface area contributed by atoms with Crippen LogP contribution >= 0.6 is 0 Å². The summed E-state index contributed by atoms with van der Waals surface area (Å²) >= 11 is 0. The number of para-hydroxylation sites is 2. The Hall–Kier alpha value is -3.81. The molecule has 3 aromatic rings. The van der Waals surface area contributed by atoms with E-state index in [9.17, 15) is 14.4 Å². The van der Waals surface area contributed by atoms with Gasteiger partial charge >= 0.3 is 5.97 Å². The van der Waals surface area contributed by atoms with Gasteiger partial charge in [-0.15, -0.1) is 0 Å². The van der Waals surface area contributed by atoms with Crippen molar-refractivity contribution >= 4 is 17.6 Å². The molecule has 1 aromatic heterocycles. The van der Waals surface area contributed by atoms with Gasteiger partial charge in [-0.2, -0.15) is 0 Å². The quantitative estimate of drug-likeness (QED) is 0.590. The number of nitrogens with zero attached hydrogens (tertiary/aromatic N) is 2. The fourth-order valence-electron chi connectivity index (χ4n) is 3.01. The minimum Gasteiger partial charge on any atom is -0.479 e. The second-order valence-corrected chi connectivity index (χ2v) is 7.08. The third-order valence-corrected chi connectivity index (χ3v) is 4.85. The van der Waals surface area contributed by atoms with Gasteiger partial charge in [0.15, 0.2) is 12.2 Å². The summed E-state index contributed by atoms with van der Waals surface area (Å²) in [5, 5.41) is 2.59. The Morgan fingerprint density at radius 3 is 2.13 bits per heavy atom. The molecule has 2 unspecified atom stereocenters. The first kappa shape index (κ1) is 21.9. The predicted octanol–water partition coefficient (Wildman–Crippen LogP) is 2.82. The van der Waals surface area contributed by atoms with Crippen molar-refractivity contribution in [1.82, 2.24) is 9.36 Å². The van der Waals surface area contributed by atoms with Gasteiger partial charge in [-0.05, 0) is 45.0 Å². The largest absolute Gasteiger partial charge is 0.479 e. The number of esters is 1. The second-order valence-electron chi connectivity index (χ2n) is 7.08. The molecule has 1 heterocycles. The lowest BCUT2D eigenvalue weighted by Gasteiger charge is -2.17. The maximum absolute atomic E-state index is 12.9. The summed E-state index contributed by atoms with van der Waals surface area (Å²) in [6.07, 6.45) is -2.01. The number of nitrogens with one attached hydrogen (secondary N) is 1. The summed E-state index contributed by atoms with van der Waals surface area (Å²) in [6, 6.07) is 17.9. The van der Waals surface area contributed by atoms with Crippen LogP contribution in [0, 0.1) is 6.92 Å². The van der Waals surface area contributed by atoms with Gasteiger partial charge in [-0.1, -0.05) is 36.4 Å². The lowest BCUT2D eigenvalue weighted by Crippen LogP contribution is -2.36. The third-order valence-electron chi connectivity index (χ3n) is 4.85. The van der Waals surface area contributed by atoms with Crippen LogP contribution in [0.5, 0.6) is 5.75 Å². The van der Waals surface area contributed by atoms with Gasteiger partial charge in [0, 0.05) is 7.05 Å². The minimum absolute atomic E-state index is 0.132. The first-order valence-electron chi connectivity index (χ1n) is 9.86. The number of benzene rings is 2. The molecule has 2 aromatic carbocycles. The molecule has 162 valence electrons. The molecule has 0 aliphatic heterocycles. The first-order valence-corrected chi connectivity index (χ1v) is 9.86. The van der Waals surface area contributed by atoms with Crippen molar-refractivity contribution in [2.24, 2.45) is 7.05 Å². The number of amides is 1. The molecule has 0 saturated carbocycles. The number of carbonyl (C=O) groups is 2. The molecular formula is C23H25N3O5. The van der Waals surface area contributed by atoms with Gasteiger partial charge in [0.05, 0.1) is 11.4 Å². The van der Waals surface area contributed by atoms with E-state index in [2.05, 4.69) is 5.32 Å². The number of rotatable bonds is 7. The van der Waals surface area contributed by atoms with Crippen LogP contribution in [0.1, 0.15) is 19.5 Å². The smallest absolute Gasteiger partial charge is 0.347 e. The van der Waals surface area contributed by atoms with Crippen molar-refractivity contribution in [3.8, 4) is 11.4 Å². The van der Waals surface area contributed by atoms with E-state index < -0.39 is 24.1 Å². The number of hydrogen-bond donors (Lipinski definition) is 1. The molecule has 1 N–H and O–H groups in total.